The molecule has 1 aliphatic carbocycles. The Hall–Kier alpha value is -2.08. The number of carbonyl (C=O) groups is 1. The maximum atomic E-state index is 11.7. The Bertz CT molecular complexity index is 622. The van der Waals surface area contributed by atoms with E-state index in [0.29, 0.717) is 18.4 Å². The van der Waals surface area contributed by atoms with Crippen LogP contribution in [-0.2, 0) is 16.1 Å². The van der Waals surface area contributed by atoms with E-state index >= 15 is 0 Å². The number of guanidine groups is 1. The second-order valence-corrected chi connectivity index (χ2v) is 7.72. The molecule has 1 aliphatic rings. The van der Waals surface area contributed by atoms with Gasteiger partial charge in [0.25, 0.3) is 0 Å². The van der Waals surface area contributed by atoms with E-state index in [0.717, 1.165) is 43.2 Å². The van der Waals surface area contributed by atoms with Crippen molar-refractivity contribution in [2.24, 2.45) is 10.4 Å². The molecule has 0 spiro atoms. The topological polar surface area (TPSA) is 74.8 Å². The Labute approximate surface area is 169 Å². The van der Waals surface area contributed by atoms with Crippen LogP contribution in [0.4, 0.5) is 5.69 Å². The van der Waals surface area contributed by atoms with E-state index in [1.807, 2.05) is 31.2 Å². The highest BCUT2D eigenvalue weighted by molar-refractivity contribution is 5.90. The average Bonchev–Trinajstić information content (AvgIpc) is 3.17. The summed E-state index contributed by atoms with van der Waals surface area (Å²) in [6.45, 7) is 4.43. The third-order valence-electron chi connectivity index (χ3n) is 5.53. The molecule has 0 atom stereocenters. The maximum Gasteiger partial charge on any atom is 0.224 e. The second-order valence-electron chi connectivity index (χ2n) is 7.72. The average molecular weight is 389 g/mol. The number of ether oxygens (including phenoxy) is 1. The summed E-state index contributed by atoms with van der Waals surface area (Å²) >= 11 is 0. The van der Waals surface area contributed by atoms with Gasteiger partial charge in [0, 0.05) is 46.0 Å². The molecule has 6 nitrogen and oxygen atoms in total. The van der Waals surface area contributed by atoms with Crippen LogP contribution in [0, 0.1) is 5.41 Å². The molecular weight excluding hydrogens is 352 g/mol. The fraction of sp³-hybridized carbons (Fsp3) is 0.636. The van der Waals surface area contributed by atoms with Gasteiger partial charge < -0.3 is 20.7 Å². The van der Waals surface area contributed by atoms with Crippen LogP contribution in [0.2, 0.25) is 0 Å². The lowest BCUT2D eigenvalue weighted by atomic mass is 9.83. The fourth-order valence-corrected chi connectivity index (χ4v) is 3.79. The van der Waals surface area contributed by atoms with Crippen molar-refractivity contribution in [2.75, 3.05) is 32.6 Å². The molecule has 2 rings (SSSR count). The molecule has 0 aromatic heterocycles. The van der Waals surface area contributed by atoms with Crippen molar-refractivity contribution in [2.45, 2.75) is 58.4 Å². The van der Waals surface area contributed by atoms with Crippen LogP contribution in [0.1, 0.15) is 57.4 Å². The number of nitrogens with one attached hydrogen (secondary N) is 3. The van der Waals surface area contributed by atoms with E-state index in [2.05, 4.69) is 20.9 Å². The molecule has 0 unspecified atom stereocenters. The SMILES string of the molecule is CCCC(=O)Nc1ccc(CNC(=NC)NCC2(CCOC)CCCC2)cc1. The van der Waals surface area contributed by atoms with E-state index in [-0.39, 0.29) is 5.91 Å². The first-order valence-corrected chi connectivity index (χ1v) is 10.4. The number of hydrogen-bond acceptors (Lipinski definition) is 3. The lowest BCUT2D eigenvalue weighted by Gasteiger charge is -2.30. The molecule has 0 saturated heterocycles. The number of aliphatic imine (C=N–C) groups is 1. The minimum atomic E-state index is 0.0623. The van der Waals surface area contributed by atoms with Gasteiger partial charge in [0.05, 0.1) is 0 Å². The zero-order valence-electron chi connectivity index (χ0n) is 17.6. The number of nitrogens with zero attached hydrogens (tertiary/aromatic N) is 1. The molecule has 28 heavy (non-hydrogen) atoms. The van der Waals surface area contributed by atoms with Gasteiger partial charge in [-0.1, -0.05) is 31.9 Å². The van der Waals surface area contributed by atoms with Gasteiger partial charge in [-0.15, -0.1) is 0 Å². The number of hydrogen-bond donors (Lipinski definition) is 3. The Kier molecular flexibility index (Phi) is 9.28. The highest BCUT2D eigenvalue weighted by atomic mass is 16.5. The van der Waals surface area contributed by atoms with Crippen LogP contribution < -0.4 is 16.0 Å². The second kappa shape index (κ2) is 11.7. The van der Waals surface area contributed by atoms with Crippen LogP contribution in [-0.4, -0.2) is 39.2 Å². The van der Waals surface area contributed by atoms with Crippen molar-refractivity contribution in [1.29, 1.82) is 0 Å². The Morgan fingerprint density at radius 2 is 1.89 bits per heavy atom. The first kappa shape index (κ1) is 22.2. The summed E-state index contributed by atoms with van der Waals surface area (Å²) < 4.78 is 5.31. The molecule has 0 radical (unpaired) electrons. The Balaban J connectivity index is 1.80. The summed E-state index contributed by atoms with van der Waals surface area (Å²) in [5.74, 6) is 0.885. The van der Waals surface area contributed by atoms with Crippen LogP contribution >= 0.6 is 0 Å². The smallest absolute Gasteiger partial charge is 0.224 e. The largest absolute Gasteiger partial charge is 0.385 e. The van der Waals surface area contributed by atoms with Crippen molar-refractivity contribution in [3.8, 4) is 0 Å². The number of carbonyl (C=O) groups excluding carboxylic acids is 1. The number of amides is 1. The van der Waals surface area contributed by atoms with Gasteiger partial charge in [-0.3, -0.25) is 9.79 Å². The van der Waals surface area contributed by atoms with Gasteiger partial charge in [0.15, 0.2) is 5.96 Å². The first-order valence-electron chi connectivity index (χ1n) is 10.4. The van der Waals surface area contributed by atoms with Crippen molar-refractivity contribution in [3.05, 3.63) is 29.8 Å². The number of benzene rings is 1. The normalized spacial score (nSPS) is 16.0. The van der Waals surface area contributed by atoms with E-state index in [1.54, 1.807) is 14.2 Å². The summed E-state index contributed by atoms with van der Waals surface area (Å²) in [6, 6.07) is 7.94. The minimum absolute atomic E-state index is 0.0623. The molecule has 0 aliphatic heterocycles. The lowest BCUT2D eigenvalue weighted by Crippen LogP contribution is -2.43. The molecule has 3 N–H and O–H groups in total. The summed E-state index contributed by atoms with van der Waals surface area (Å²) in [6.07, 6.45) is 7.62. The monoisotopic (exact) mass is 388 g/mol. The van der Waals surface area contributed by atoms with Gasteiger partial charge in [0.2, 0.25) is 5.91 Å². The van der Waals surface area contributed by atoms with Crippen molar-refractivity contribution in [3.63, 3.8) is 0 Å². The van der Waals surface area contributed by atoms with Gasteiger partial charge in [-0.2, -0.15) is 0 Å². The van der Waals surface area contributed by atoms with E-state index in [1.165, 1.54) is 25.7 Å². The highest BCUT2D eigenvalue weighted by Gasteiger charge is 2.33. The number of anilines is 1. The molecule has 1 amide bonds. The standard InChI is InChI=1S/C22H36N4O2/c1-4-7-20(27)26-19-10-8-18(9-11-19)16-24-21(23-2)25-17-22(14-15-28-3)12-5-6-13-22/h8-11H,4-7,12-17H2,1-3H3,(H,26,27)(H2,23,24,25). The van der Waals surface area contributed by atoms with Crippen LogP contribution in [0.3, 0.4) is 0 Å². The molecule has 1 aromatic carbocycles. The third kappa shape index (κ3) is 7.15. The third-order valence-corrected chi connectivity index (χ3v) is 5.53. The van der Waals surface area contributed by atoms with Crippen molar-refractivity contribution >= 4 is 17.6 Å². The summed E-state index contributed by atoms with van der Waals surface area (Å²) in [4.78, 5) is 16.0. The predicted molar refractivity (Wildman–Crippen MR) is 116 cm³/mol. The summed E-state index contributed by atoms with van der Waals surface area (Å²) in [5, 5.41) is 9.81. The number of rotatable bonds is 10. The van der Waals surface area contributed by atoms with Crippen LogP contribution in [0.5, 0.6) is 0 Å². The van der Waals surface area contributed by atoms with E-state index in [4.69, 9.17) is 4.74 Å². The van der Waals surface area contributed by atoms with E-state index < -0.39 is 0 Å². The molecule has 0 bridgehead atoms. The van der Waals surface area contributed by atoms with Gasteiger partial charge in [-0.05, 0) is 48.8 Å². The molecule has 1 saturated carbocycles. The van der Waals surface area contributed by atoms with Gasteiger partial charge in [-0.25, -0.2) is 0 Å². The zero-order chi connectivity index (χ0) is 20.2. The minimum Gasteiger partial charge on any atom is -0.385 e. The van der Waals surface area contributed by atoms with E-state index in [9.17, 15) is 4.79 Å². The molecular formula is C22H36N4O2. The van der Waals surface area contributed by atoms with Crippen molar-refractivity contribution in [1.82, 2.24) is 10.6 Å². The summed E-state index contributed by atoms with van der Waals surface area (Å²) in [7, 11) is 3.58. The van der Waals surface area contributed by atoms with Crippen LogP contribution in [0.25, 0.3) is 0 Å². The summed E-state index contributed by atoms with van der Waals surface area (Å²) in [5.41, 5.74) is 2.31. The zero-order valence-corrected chi connectivity index (χ0v) is 17.6. The molecule has 1 aromatic rings. The highest BCUT2D eigenvalue weighted by Crippen LogP contribution is 2.40. The predicted octanol–water partition coefficient (Wildman–Crippen LogP) is 3.69. The van der Waals surface area contributed by atoms with Crippen LogP contribution in [0.15, 0.2) is 29.3 Å². The van der Waals surface area contributed by atoms with Crippen molar-refractivity contribution < 1.29 is 9.53 Å². The maximum absolute atomic E-state index is 11.7. The van der Waals surface area contributed by atoms with Gasteiger partial charge in [0.1, 0.15) is 0 Å². The molecule has 0 heterocycles. The Morgan fingerprint density at radius 1 is 1.18 bits per heavy atom. The Morgan fingerprint density at radius 3 is 2.50 bits per heavy atom. The first-order chi connectivity index (χ1) is 13.6. The van der Waals surface area contributed by atoms with Gasteiger partial charge >= 0.3 is 0 Å². The number of methoxy groups -OCH3 is 1. The molecule has 6 heteroatoms. The molecule has 156 valence electrons. The fourth-order valence-electron chi connectivity index (χ4n) is 3.79. The molecule has 1 fully saturated rings. The quantitative estimate of drug-likeness (QED) is 0.422. The lowest BCUT2D eigenvalue weighted by molar-refractivity contribution is -0.116.